The van der Waals surface area contributed by atoms with Gasteiger partial charge in [-0.25, -0.2) is 8.78 Å². The Morgan fingerprint density at radius 1 is 1.20 bits per heavy atom. The predicted octanol–water partition coefficient (Wildman–Crippen LogP) is 2.22. The third kappa shape index (κ3) is 4.95. The zero-order valence-corrected chi connectivity index (χ0v) is 11.2. The summed E-state index contributed by atoms with van der Waals surface area (Å²) < 4.78 is 25.8. The average Bonchev–Trinajstić information content (AvgIpc) is 2.40. The number of carboxylic acid groups (broad SMARTS) is 1. The van der Waals surface area contributed by atoms with Gasteiger partial charge in [-0.05, 0) is 31.0 Å². The van der Waals surface area contributed by atoms with E-state index in [1.807, 2.05) is 0 Å². The molecule has 0 saturated carbocycles. The second-order valence-electron chi connectivity index (χ2n) is 4.37. The maximum absolute atomic E-state index is 13.0. The highest BCUT2D eigenvalue weighted by Crippen LogP contribution is 2.11. The van der Waals surface area contributed by atoms with Crippen molar-refractivity contribution in [1.29, 1.82) is 0 Å². The maximum Gasteiger partial charge on any atom is 0.305 e. The summed E-state index contributed by atoms with van der Waals surface area (Å²) in [6, 6.07) is 3.52. The van der Waals surface area contributed by atoms with Crippen molar-refractivity contribution in [3.05, 3.63) is 35.4 Å². The number of carboxylic acids is 1. The van der Waals surface area contributed by atoms with Crippen LogP contribution < -0.4 is 0 Å². The summed E-state index contributed by atoms with van der Waals surface area (Å²) in [5, 5.41) is 8.59. The number of carbonyl (C=O) groups is 2. The molecule has 0 saturated heterocycles. The average molecular weight is 285 g/mol. The first-order valence-electron chi connectivity index (χ1n) is 6.37. The summed E-state index contributed by atoms with van der Waals surface area (Å²) in [6.45, 7) is 2.34. The number of nitrogens with zero attached hydrogens (tertiary/aromatic N) is 1. The summed E-state index contributed by atoms with van der Waals surface area (Å²) in [6.07, 6.45) is 0.322. The Labute approximate surface area is 116 Å². The van der Waals surface area contributed by atoms with E-state index in [9.17, 15) is 18.4 Å². The van der Waals surface area contributed by atoms with Crippen LogP contribution in [0.5, 0.6) is 0 Å². The van der Waals surface area contributed by atoms with Gasteiger partial charge in [0, 0.05) is 19.5 Å². The third-order valence-electron chi connectivity index (χ3n) is 2.94. The summed E-state index contributed by atoms with van der Waals surface area (Å²) in [4.78, 5) is 23.8. The molecule has 0 bridgehead atoms. The standard InChI is InChI=1S/C14H17F2NO3/c1-2-17(8-7-14(19)20)13(18)6-4-10-3-5-11(15)12(16)9-10/h3,5,9H,2,4,6-8H2,1H3,(H,19,20). The predicted molar refractivity (Wildman–Crippen MR) is 69.2 cm³/mol. The molecule has 0 aliphatic carbocycles. The number of amides is 1. The molecular formula is C14H17F2NO3. The smallest absolute Gasteiger partial charge is 0.305 e. The lowest BCUT2D eigenvalue weighted by Crippen LogP contribution is -2.33. The zero-order chi connectivity index (χ0) is 15.1. The highest BCUT2D eigenvalue weighted by molar-refractivity contribution is 5.77. The molecular weight excluding hydrogens is 268 g/mol. The fourth-order valence-electron chi connectivity index (χ4n) is 1.79. The van der Waals surface area contributed by atoms with E-state index in [0.29, 0.717) is 18.5 Å². The molecule has 1 rings (SSSR count). The third-order valence-corrected chi connectivity index (χ3v) is 2.94. The fourth-order valence-corrected chi connectivity index (χ4v) is 1.79. The Morgan fingerprint density at radius 2 is 1.90 bits per heavy atom. The largest absolute Gasteiger partial charge is 0.481 e. The number of hydrogen-bond acceptors (Lipinski definition) is 2. The van der Waals surface area contributed by atoms with Gasteiger partial charge < -0.3 is 10.0 Å². The minimum Gasteiger partial charge on any atom is -0.481 e. The molecule has 6 heteroatoms. The van der Waals surface area contributed by atoms with Crippen LogP contribution in [0.25, 0.3) is 0 Å². The molecule has 1 amide bonds. The monoisotopic (exact) mass is 285 g/mol. The molecule has 0 radical (unpaired) electrons. The lowest BCUT2D eigenvalue weighted by molar-refractivity contribution is -0.138. The molecule has 1 N–H and O–H groups in total. The van der Waals surface area contributed by atoms with Crippen molar-refractivity contribution in [2.45, 2.75) is 26.2 Å². The molecule has 0 spiro atoms. The van der Waals surface area contributed by atoms with Crippen molar-refractivity contribution in [3.8, 4) is 0 Å². The quantitative estimate of drug-likeness (QED) is 0.835. The van der Waals surface area contributed by atoms with E-state index in [1.54, 1.807) is 6.92 Å². The maximum atomic E-state index is 13.0. The van der Waals surface area contributed by atoms with Crippen molar-refractivity contribution in [3.63, 3.8) is 0 Å². The lowest BCUT2D eigenvalue weighted by atomic mass is 10.1. The Balaban J connectivity index is 2.52. The second kappa shape index (κ2) is 7.57. The topological polar surface area (TPSA) is 57.6 Å². The summed E-state index contributed by atoms with van der Waals surface area (Å²) in [5.74, 6) is -3.01. The molecule has 0 aromatic heterocycles. The Kier molecular flexibility index (Phi) is 6.09. The van der Waals surface area contributed by atoms with E-state index in [2.05, 4.69) is 0 Å². The van der Waals surface area contributed by atoms with Crippen LogP contribution in [0.4, 0.5) is 8.78 Å². The Morgan fingerprint density at radius 3 is 2.45 bits per heavy atom. The molecule has 0 heterocycles. The second-order valence-corrected chi connectivity index (χ2v) is 4.37. The van der Waals surface area contributed by atoms with E-state index in [1.165, 1.54) is 11.0 Å². The number of hydrogen-bond donors (Lipinski definition) is 1. The first-order valence-corrected chi connectivity index (χ1v) is 6.37. The van der Waals surface area contributed by atoms with Crippen LogP contribution in [0.3, 0.4) is 0 Å². The molecule has 110 valence electrons. The minimum atomic E-state index is -0.961. The van der Waals surface area contributed by atoms with E-state index in [4.69, 9.17) is 5.11 Å². The van der Waals surface area contributed by atoms with Crippen molar-refractivity contribution in [2.24, 2.45) is 0 Å². The van der Waals surface area contributed by atoms with Gasteiger partial charge in [0.15, 0.2) is 11.6 Å². The van der Waals surface area contributed by atoms with E-state index in [-0.39, 0.29) is 25.3 Å². The van der Waals surface area contributed by atoms with Gasteiger partial charge >= 0.3 is 5.97 Å². The highest BCUT2D eigenvalue weighted by Gasteiger charge is 2.13. The summed E-state index contributed by atoms with van der Waals surface area (Å²) in [5.41, 5.74) is 0.534. The number of benzene rings is 1. The van der Waals surface area contributed by atoms with Crippen LogP contribution in [-0.2, 0) is 16.0 Å². The van der Waals surface area contributed by atoms with Crippen molar-refractivity contribution < 1.29 is 23.5 Å². The van der Waals surface area contributed by atoms with Crippen LogP contribution in [0.2, 0.25) is 0 Å². The molecule has 0 aliphatic rings. The van der Waals surface area contributed by atoms with Gasteiger partial charge in [-0.15, -0.1) is 0 Å². The van der Waals surface area contributed by atoms with Gasteiger partial charge in [-0.3, -0.25) is 9.59 Å². The molecule has 0 fully saturated rings. The van der Waals surface area contributed by atoms with Gasteiger partial charge in [0.2, 0.25) is 5.91 Å². The minimum absolute atomic E-state index is 0.106. The van der Waals surface area contributed by atoms with Gasteiger partial charge in [0.1, 0.15) is 0 Å². The SMILES string of the molecule is CCN(CCC(=O)O)C(=O)CCc1ccc(F)c(F)c1. The molecule has 1 aromatic carbocycles. The summed E-state index contributed by atoms with van der Waals surface area (Å²) >= 11 is 0. The van der Waals surface area contributed by atoms with Crippen molar-refractivity contribution >= 4 is 11.9 Å². The molecule has 0 atom stereocenters. The first-order chi connectivity index (χ1) is 9.43. The lowest BCUT2D eigenvalue weighted by Gasteiger charge is -2.19. The van der Waals surface area contributed by atoms with E-state index in [0.717, 1.165) is 12.1 Å². The van der Waals surface area contributed by atoms with Crippen molar-refractivity contribution in [1.82, 2.24) is 4.90 Å². The Hall–Kier alpha value is -1.98. The first kappa shape index (κ1) is 16.1. The number of aliphatic carboxylic acids is 1. The fraction of sp³-hybridized carbons (Fsp3) is 0.429. The van der Waals surface area contributed by atoms with Gasteiger partial charge in [0.05, 0.1) is 6.42 Å². The molecule has 20 heavy (non-hydrogen) atoms. The number of aryl methyl sites for hydroxylation is 1. The van der Waals surface area contributed by atoms with E-state index >= 15 is 0 Å². The van der Waals surface area contributed by atoms with Gasteiger partial charge in [0.25, 0.3) is 0 Å². The van der Waals surface area contributed by atoms with Crippen LogP contribution in [0.1, 0.15) is 25.3 Å². The molecule has 0 aliphatic heterocycles. The molecule has 4 nitrogen and oxygen atoms in total. The zero-order valence-electron chi connectivity index (χ0n) is 11.2. The van der Waals surface area contributed by atoms with Gasteiger partial charge in [-0.2, -0.15) is 0 Å². The number of rotatable bonds is 7. The normalized spacial score (nSPS) is 10.3. The Bertz CT molecular complexity index is 491. The van der Waals surface area contributed by atoms with Gasteiger partial charge in [-0.1, -0.05) is 6.07 Å². The molecule has 0 unspecified atom stereocenters. The number of halogens is 2. The van der Waals surface area contributed by atoms with Crippen molar-refractivity contribution in [2.75, 3.05) is 13.1 Å². The van der Waals surface area contributed by atoms with E-state index < -0.39 is 17.6 Å². The van der Waals surface area contributed by atoms with Crippen LogP contribution in [0.15, 0.2) is 18.2 Å². The van der Waals surface area contributed by atoms with Crippen LogP contribution >= 0.6 is 0 Å². The van der Waals surface area contributed by atoms with Crippen LogP contribution in [0, 0.1) is 11.6 Å². The molecule has 1 aromatic rings. The highest BCUT2D eigenvalue weighted by atomic mass is 19.2. The summed E-state index contributed by atoms with van der Waals surface area (Å²) in [7, 11) is 0. The number of carbonyl (C=O) groups excluding carboxylic acids is 1. The van der Waals surface area contributed by atoms with Crippen LogP contribution in [-0.4, -0.2) is 35.0 Å².